The number of nitrogens with one attached hydrogen (secondary N) is 2. The van der Waals surface area contributed by atoms with Crippen LogP contribution in [0, 0.1) is 0 Å². The van der Waals surface area contributed by atoms with Gasteiger partial charge in [0.2, 0.25) is 0 Å². The van der Waals surface area contributed by atoms with E-state index in [1.165, 1.54) is 0 Å². The molecule has 2 heterocycles. The van der Waals surface area contributed by atoms with Crippen molar-refractivity contribution in [2.45, 2.75) is 51.2 Å². The topological polar surface area (TPSA) is 70.7 Å². The first kappa shape index (κ1) is 19.4. The number of ketones is 1. The third-order valence-corrected chi connectivity index (χ3v) is 5.08. The van der Waals surface area contributed by atoms with Crippen LogP contribution in [-0.2, 0) is 14.3 Å². The molecule has 0 saturated carbocycles. The summed E-state index contributed by atoms with van der Waals surface area (Å²) in [6.07, 6.45) is 4.12. The molecule has 136 valence electrons. The summed E-state index contributed by atoms with van der Waals surface area (Å²) in [7, 11) is 1.99. The van der Waals surface area contributed by atoms with Gasteiger partial charge in [-0.25, -0.2) is 4.79 Å². The van der Waals surface area contributed by atoms with Gasteiger partial charge in [-0.3, -0.25) is 15.0 Å². The fourth-order valence-electron chi connectivity index (χ4n) is 3.10. The smallest absolute Gasteiger partial charge is 0.343 e. The molecule has 6 nitrogen and oxygen atoms in total. The van der Waals surface area contributed by atoms with Crippen LogP contribution < -0.4 is 10.6 Å². The first-order valence-electron chi connectivity index (χ1n) is 8.77. The van der Waals surface area contributed by atoms with Crippen molar-refractivity contribution < 1.29 is 14.3 Å². The SMILES string of the molecule is CCCCOC(=O)C1NCC2=C(N1)C(=O)C(CCCCBr)N(C)C2. The van der Waals surface area contributed by atoms with E-state index in [9.17, 15) is 9.59 Å². The molecule has 2 N–H and O–H groups in total. The summed E-state index contributed by atoms with van der Waals surface area (Å²) in [5.74, 6) is -0.237. The molecule has 0 fully saturated rings. The third kappa shape index (κ3) is 4.80. The number of halogens is 1. The number of alkyl halides is 1. The predicted molar refractivity (Wildman–Crippen MR) is 96.9 cm³/mol. The minimum absolute atomic E-state index is 0.0983. The van der Waals surface area contributed by atoms with E-state index >= 15 is 0 Å². The van der Waals surface area contributed by atoms with Crippen LogP contribution in [-0.4, -0.2) is 60.9 Å². The highest BCUT2D eigenvalue weighted by atomic mass is 79.9. The molecule has 24 heavy (non-hydrogen) atoms. The largest absolute Gasteiger partial charge is 0.463 e. The van der Waals surface area contributed by atoms with Gasteiger partial charge in [-0.1, -0.05) is 35.7 Å². The number of ether oxygens (including phenoxy) is 1. The highest BCUT2D eigenvalue weighted by Crippen LogP contribution is 2.23. The summed E-state index contributed by atoms with van der Waals surface area (Å²) in [5.41, 5.74) is 1.64. The number of unbranched alkanes of at least 4 members (excludes halogenated alkanes) is 2. The second-order valence-corrected chi connectivity index (χ2v) is 7.23. The van der Waals surface area contributed by atoms with E-state index in [0.717, 1.165) is 49.6 Å². The van der Waals surface area contributed by atoms with Crippen LogP contribution in [0.2, 0.25) is 0 Å². The Morgan fingerprint density at radius 2 is 2.17 bits per heavy atom. The van der Waals surface area contributed by atoms with Crippen molar-refractivity contribution in [3.8, 4) is 0 Å². The molecule has 2 aliphatic rings. The highest BCUT2D eigenvalue weighted by Gasteiger charge is 2.37. The number of Topliss-reactive ketones (excluding diaryl/α,β-unsaturated/α-hetero) is 1. The summed E-state index contributed by atoms with van der Waals surface area (Å²) >= 11 is 3.43. The Kier molecular flexibility index (Phi) is 7.71. The number of esters is 1. The molecule has 0 radical (unpaired) electrons. The van der Waals surface area contributed by atoms with Gasteiger partial charge in [0, 0.05) is 18.4 Å². The number of rotatable bonds is 8. The first-order valence-corrected chi connectivity index (χ1v) is 9.89. The van der Waals surface area contributed by atoms with E-state index in [-0.39, 0.29) is 17.8 Å². The van der Waals surface area contributed by atoms with E-state index in [2.05, 4.69) is 38.4 Å². The van der Waals surface area contributed by atoms with Gasteiger partial charge in [-0.2, -0.15) is 0 Å². The van der Waals surface area contributed by atoms with E-state index < -0.39 is 6.17 Å². The zero-order chi connectivity index (χ0) is 17.5. The Morgan fingerprint density at radius 1 is 1.38 bits per heavy atom. The zero-order valence-corrected chi connectivity index (χ0v) is 16.2. The van der Waals surface area contributed by atoms with Gasteiger partial charge in [0.05, 0.1) is 18.3 Å². The number of carbonyl (C=O) groups is 2. The Morgan fingerprint density at radius 3 is 2.88 bits per heavy atom. The van der Waals surface area contributed by atoms with E-state index in [0.29, 0.717) is 18.8 Å². The Labute approximate surface area is 152 Å². The van der Waals surface area contributed by atoms with Crippen LogP contribution in [0.4, 0.5) is 0 Å². The maximum Gasteiger partial charge on any atom is 0.343 e. The lowest BCUT2D eigenvalue weighted by atomic mass is 9.93. The fraction of sp³-hybridized carbons (Fsp3) is 0.765. The maximum atomic E-state index is 12.8. The average molecular weight is 402 g/mol. The summed E-state index contributed by atoms with van der Waals surface area (Å²) < 4.78 is 5.25. The van der Waals surface area contributed by atoms with Gasteiger partial charge < -0.3 is 10.1 Å². The Bertz CT molecular complexity index is 495. The van der Waals surface area contributed by atoms with Gasteiger partial charge in [0.1, 0.15) is 0 Å². The van der Waals surface area contributed by atoms with Crippen LogP contribution in [0.15, 0.2) is 11.3 Å². The second-order valence-electron chi connectivity index (χ2n) is 6.44. The maximum absolute atomic E-state index is 12.8. The minimum atomic E-state index is -0.629. The summed E-state index contributed by atoms with van der Waals surface area (Å²) in [4.78, 5) is 27.1. The highest BCUT2D eigenvalue weighted by molar-refractivity contribution is 9.09. The van der Waals surface area contributed by atoms with E-state index in [1.54, 1.807) is 0 Å². The number of carbonyl (C=O) groups excluding carboxylic acids is 2. The minimum Gasteiger partial charge on any atom is -0.463 e. The molecule has 7 heteroatoms. The van der Waals surface area contributed by atoms with Crippen molar-refractivity contribution in [3.63, 3.8) is 0 Å². The molecule has 2 rings (SSSR count). The van der Waals surface area contributed by atoms with Crippen LogP contribution in [0.25, 0.3) is 0 Å². The predicted octanol–water partition coefficient (Wildman–Crippen LogP) is 1.55. The van der Waals surface area contributed by atoms with Crippen LogP contribution in [0.1, 0.15) is 39.0 Å². The summed E-state index contributed by atoms with van der Waals surface area (Å²) in [6.45, 7) is 3.76. The molecule has 0 bridgehead atoms. The molecule has 0 aromatic carbocycles. The monoisotopic (exact) mass is 401 g/mol. The molecule has 0 aliphatic carbocycles. The molecule has 0 spiro atoms. The van der Waals surface area contributed by atoms with Gasteiger partial charge >= 0.3 is 5.97 Å². The van der Waals surface area contributed by atoms with Crippen LogP contribution in [0.5, 0.6) is 0 Å². The number of nitrogens with zero attached hydrogens (tertiary/aromatic N) is 1. The molecule has 0 aromatic rings. The van der Waals surface area contributed by atoms with E-state index in [1.807, 2.05) is 7.05 Å². The molecular formula is C17H28BrN3O3. The molecule has 0 amide bonds. The quantitative estimate of drug-likeness (QED) is 0.365. The molecule has 2 atom stereocenters. The number of hydrogen-bond acceptors (Lipinski definition) is 6. The van der Waals surface area contributed by atoms with Gasteiger partial charge in [0.15, 0.2) is 11.9 Å². The Hall–Kier alpha value is -0.920. The van der Waals surface area contributed by atoms with Crippen molar-refractivity contribution in [1.82, 2.24) is 15.5 Å². The number of hydrogen-bond donors (Lipinski definition) is 2. The molecule has 0 saturated heterocycles. The average Bonchev–Trinajstić information content (AvgIpc) is 2.57. The third-order valence-electron chi connectivity index (χ3n) is 4.52. The van der Waals surface area contributed by atoms with Gasteiger partial charge in [0.25, 0.3) is 0 Å². The normalized spacial score (nSPS) is 24.5. The first-order chi connectivity index (χ1) is 11.6. The molecule has 2 aliphatic heterocycles. The van der Waals surface area contributed by atoms with Gasteiger partial charge in [-0.15, -0.1) is 0 Å². The van der Waals surface area contributed by atoms with Crippen molar-refractivity contribution in [2.24, 2.45) is 0 Å². The van der Waals surface area contributed by atoms with Crippen molar-refractivity contribution >= 4 is 27.7 Å². The lowest BCUT2D eigenvalue weighted by Gasteiger charge is -2.38. The lowest BCUT2D eigenvalue weighted by molar-refractivity contribution is -0.147. The van der Waals surface area contributed by atoms with Crippen molar-refractivity contribution in [3.05, 3.63) is 11.3 Å². The molecule has 0 aromatic heterocycles. The van der Waals surface area contributed by atoms with E-state index in [4.69, 9.17) is 4.74 Å². The van der Waals surface area contributed by atoms with Crippen LogP contribution >= 0.6 is 15.9 Å². The Balaban J connectivity index is 1.98. The lowest BCUT2D eigenvalue weighted by Crippen LogP contribution is -2.59. The van der Waals surface area contributed by atoms with Gasteiger partial charge in [-0.05, 0) is 31.9 Å². The summed E-state index contributed by atoms with van der Waals surface area (Å²) in [5, 5.41) is 7.16. The fourth-order valence-corrected chi connectivity index (χ4v) is 3.49. The summed E-state index contributed by atoms with van der Waals surface area (Å²) in [6, 6.07) is -0.106. The number of likely N-dealkylation sites (N-methyl/N-ethyl adjacent to an activating group) is 1. The second kappa shape index (κ2) is 9.53. The van der Waals surface area contributed by atoms with Crippen molar-refractivity contribution in [2.75, 3.05) is 32.1 Å². The van der Waals surface area contributed by atoms with Crippen molar-refractivity contribution in [1.29, 1.82) is 0 Å². The standard InChI is InChI=1S/C17H28BrN3O3/c1-3-4-9-24-17(23)16-19-10-12-11-21(2)13(7-5-6-8-18)15(22)14(12)20-16/h13,16,19-20H,3-11H2,1-2H3. The zero-order valence-electron chi connectivity index (χ0n) is 14.6. The molecule has 2 unspecified atom stereocenters. The molecular weight excluding hydrogens is 374 g/mol. The van der Waals surface area contributed by atoms with Crippen LogP contribution in [0.3, 0.4) is 0 Å².